The maximum Gasteiger partial charge on any atom is 0.330 e. The molecule has 19 heavy (non-hydrogen) atoms. The fourth-order valence-corrected chi connectivity index (χ4v) is 3.66. The largest absolute Gasteiger partial charge is 0.335 e. The second-order valence-electron chi connectivity index (χ2n) is 4.73. The summed E-state index contributed by atoms with van der Waals surface area (Å²) in [5, 5.41) is 0.317. The number of H-pyrrole nitrogens is 2. The van der Waals surface area contributed by atoms with Crippen LogP contribution in [0.2, 0.25) is 0 Å². The number of imidazole rings is 1. The van der Waals surface area contributed by atoms with Crippen LogP contribution in [0.1, 0.15) is 37.3 Å². The van der Waals surface area contributed by atoms with Gasteiger partial charge in [0, 0.05) is 6.54 Å². The van der Waals surface area contributed by atoms with Gasteiger partial charge in [0.1, 0.15) is 11.3 Å². The Morgan fingerprint density at radius 3 is 2.95 bits per heavy atom. The highest BCUT2D eigenvalue weighted by molar-refractivity contribution is 7.99. The Kier molecular flexibility index (Phi) is 3.22. The zero-order valence-electron chi connectivity index (χ0n) is 10.7. The molecule has 1 saturated heterocycles. The third-order valence-corrected chi connectivity index (χ3v) is 4.72. The van der Waals surface area contributed by atoms with E-state index in [1.165, 1.54) is 11.0 Å². The molecule has 2 aromatic heterocycles. The van der Waals surface area contributed by atoms with Crippen molar-refractivity contribution in [3.05, 3.63) is 26.7 Å². The molecule has 1 unspecified atom stereocenters. The minimum Gasteiger partial charge on any atom is -0.335 e. The number of aromatic amines is 2. The van der Waals surface area contributed by atoms with Crippen molar-refractivity contribution in [2.24, 2.45) is 0 Å². The average molecular weight is 280 g/mol. The van der Waals surface area contributed by atoms with Crippen LogP contribution in [0.15, 0.2) is 9.59 Å². The highest BCUT2D eigenvalue weighted by Gasteiger charge is 2.22. The van der Waals surface area contributed by atoms with E-state index in [9.17, 15) is 9.59 Å². The summed E-state index contributed by atoms with van der Waals surface area (Å²) in [6.45, 7) is 2.55. The Bertz CT molecular complexity index is 709. The minimum atomic E-state index is -0.380. The third kappa shape index (κ3) is 2.11. The van der Waals surface area contributed by atoms with Crippen molar-refractivity contribution in [3.63, 3.8) is 0 Å². The summed E-state index contributed by atoms with van der Waals surface area (Å²) in [6, 6.07) is 0. The summed E-state index contributed by atoms with van der Waals surface area (Å²) in [5.74, 6) is 1.94. The van der Waals surface area contributed by atoms with Gasteiger partial charge in [-0.25, -0.2) is 9.78 Å². The van der Waals surface area contributed by atoms with Gasteiger partial charge in [-0.1, -0.05) is 6.92 Å². The van der Waals surface area contributed by atoms with Gasteiger partial charge >= 0.3 is 5.69 Å². The summed E-state index contributed by atoms with van der Waals surface area (Å²) in [4.78, 5) is 33.6. The van der Waals surface area contributed by atoms with Crippen LogP contribution in [0.25, 0.3) is 11.2 Å². The van der Waals surface area contributed by atoms with Gasteiger partial charge in [-0.05, 0) is 25.0 Å². The van der Waals surface area contributed by atoms with Crippen LogP contribution in [0.4, 0.5) is 0 Å². The first-order chi connectivity index (χ1) is 9.20. The number of thioether (sulfide) groups is 1. The van der Waals surface area contributed by atoms with Crippen molar-refractivity contribution in [3.8, 4) is 0 Å². The zero-order chi connectivity index (χ0) is 13.4. The Labute approximate surface area is 113 Å². The summed E-state index contributed by atoms with van der Waals surface area (Å²) in [7, 11) is 0. The second-order valence-corrected chi connectivity index (χ2v) is 6.04. The molecule has 1 atom stereocenters. The number of hydrogen-bond acceptors (Lipinski definition) is 4. The molecule has 1 aliphatic heterocycles. The molecule has 0 aliphatic carbocycles. The van der Waals surface area contributed by atoms with Crippen molar-refractivity contribution in [1.29, 1.82) is 0 Å². The highest BCUT2D eigenvalue weighted by Crippen LogP contribution is 2.38. The molecule has 0 radical (unpaired) electrons. The molecule has 0 spiro atoms. The first-order valence-corrected chi connectivity index (χ1v) is 7.60. The van der Waals surface area contributed by atoms with Gasteiger partial charge in [0.2, 0.25) is 0 Å². The Hall–Kier alpha value is -1.50. The van der Waals surface area contributed by atoms with E-state index in [4.69, 9.17) is 0 Å². The van der Waals surface area contributed by atoms with E-state index in [2.05, 4.69) is 15.0 Å². The molecule has 1 fully saturated rings. The molecule has 0 saturated carbocycles. The second kappa shape index (κ2) is 4.88. The van der Waals surface area contributed by atoms with Gasteiger partial charge < -0.3 is 4.98 Å². The van der Waals surface area contributed by atoms with Crippen LogP contribution in [0.5, 0.6) is 0 Å². The first-order valence-electron chi connectivity index (χ1n) is 6.55. The Morgan fingerprint density at radius 1 is 1.42 bits per heavy atom. The Morgan fingerprint density at radius 2 is 2.26 bits per heavy atom. The molecule has 3 heterocycles. The number of hydrogen-bond donors (Lipinski definition) is 2. The molecule has 102 valence electrons. The molecule has 7 heteroatoms. The van der Waals surface area contributed by atoms with Crippen molar-refractivity contribution in [1.82, 2.24) is 19.5 Å². The van der Waals surface area contributed by atoms with Gasteiger partial charge in [0.15, 0.2) is 5.65 Å². The molecule has 3 rings (SSSR count). The number of fused-ring (bicyclic) bond motifs is 1. The van der Waals surface area contributed by atoms with Crippen molar-refractivity contribution in [2.45, 2.75) is 38.0 Å². The minimum absolute atomic E-state index is 0.317. The van der Waals surface area contributed by atoms with E-state index in [0.29, 0.717) is 23.0 Å². The third-order valence-electron chi connectivity index (χ3n) is 3.33. The molecule has 0 aromatic carbocycles. The molecule has 2 aromatic rings. The molecule has 0 bridgehead atoms. The number of aromatic nitrogens is 4. The van der Waals surface area contributed by atoms with E-state index in [1.807, 2.05) is 18.7 Å². The molecule has 0 amide bonds. The average Bonchev–Trinajstić information content (AvgIpc) is 3.02. The van der Waals surface area contributed by atoms with Gasteiger partial charge in [-0.3, -0.25) is 14.3 Å². The molecular formula is C12H16N4O2S. The van der Waals surface area contributed by atoms with Crippen molar-refractivity contribution in [2.75, 3.05) is 5.75 Å². The SMILES string of the molecule is CCCn1c(=O)[nH]c(=O)c2[nH]c(C3CCCS3)nc21. The smallest absolute Gasteiger partial charge is 0.330 e. The van der Waals surface area contributed by atoms with Crippen LogP contribution in [0.3, 0.4) is 0 Å². The predicted octanol–water partition coefficient (Wildman–Crippen LogP) is 1.39. The lowest BCUT2D eigenvalue weighted by Crippen LogP contribution is -2.30. The summed E-state index contributed by atoms with van der Waals surface area (Å²) in [6.07, 6.45) is 3.06. The van der Waals surface area contributed by atoms with E-state index in [-0.39, 0.29) is 11.2 Å². The topological polar surface area (TPSA) is 83.5 Å². The monoisotopic (exact) mass is 280 g/mol. The van der Waals surface area contributed by atoms with Crippen LogP contribution in [-0.2, 0) is 6.54 Å². The summed E-state index contributed by atoms with van der Waals surface area (Å²) >= 11 is 1.85. The lowest BCUT2D eigenvalue weighted by Gasteiger charge is -2.03. The number of nitrogens with zero attached hydrogens (tertiary/aromatic N) is 2. The van der Waals surface area contributed by atoms with Gasteiger partial charge in [-0.15, -0.1) is 0 Å². The molecule has 1 aliphatic rings. The predicted molar refractivity (Wildman–Crippen MR) is 75.7 cm³/mol. The number of aryl methyl sites for hydroxylation is 1. The Balaban J connectivity index is 2.20. The van der Waals surface area contributed by atoms with Gasteiger partial charge in [-0.2, -0.15) is 11.8 Å². The van der Waals surface area contributed by atoms with Crippen molar-refractivity contribution < 1.29 is 0 Å². The number of rotatable bonds is 3. The maximum absolute atomic E-state index is 11.8. The van der Waals surface area contributed by atoms with E-state index >= 15 is 0 Å². The van der Waals surface area contributed by atoms with Crippen LogP contribution < -0.4 is 11.2 Å². The normalized spacial score (nSPS) is 19.3. The van der Waals surface area contributed by atoms with E-state index < -0.39 is 0 Å². The van der Waals surface area contributed by atoms with Gasteiger partial charge in [0.25, 0.3) is 5.56 Å². The molecule has 2 N–H and O–H groups in total. The lowest BCUT2D eigenvalue weighted by molar-refractivity contribution is 0.651. The summed E-state index contributed by atoms with van der Waals surface area (Å²) in [5.41, 5.74) is 0.138. The van der Waals surface area contributed by atoms with Gasteiger partial charge in [0.05, 0.1) is 5.25 Å². The molecular weight excluding hydrogens is 264 g/mol. The van der Waals surface area contributed by atoms with Crippen molar-refractivity contribution >= 4 is 22.9 Å². The number of nitrogens with one attached hydrogen (secondary N) is 2. The summed E-state index contributed by atoms with van der Waals surface area (Å²) < 4.78 is 1.54. The fourth-order valence-electron chi connectivity index (χ4n) is 2.44. The standard InChI is InChI=1S/C12H16N4O2S/c1-2-5-16-10-8(11(17)15-12(16)18)13-9(14-10)7-4-3-6-19-7/h7H,2-6H2,1H3,(H,13,14)(H,15,17,18). The maximum atomic E-state index is 11.8. The van der Waals surface area contributed by atoms with Crippen LogP contribution in [0, 0.1) is 0 Å². The van der Waals surface area contributed by atoms with E-state index in [0.717, 1.165) is 24.4 Å². The quantitative estimate of drug-likeness (QED) is 0.890. The zero-order valence-corrected chi connectivity index (χ0v) is 11.5. The first kappa shape index (κ1) is 12.5. The van der Waals surface area contributed by atoms with Crippen LogP contribution >= 0.6 is 11.8 Å². The van der Waals surface area contributed by atoms with Crippen LogP contribution in [-0.4, -0.2) is 25.3 Å². The van der Waals surface area contributed by atoms with E-state index in [1.54, 1.807) is 0 Å². The fraction of sp³-hybridized carbons (Fsp3) is 0.583. The lowest BCUT2D eigenvalue weighted by atomic mass is 10.2. The highest BCUT2D eigenvalue weighted by atomic mass is 32.2. The molecule has 6 nitrogen and oxygen atoms in total.